The normalized spacial score (nSPS) is 22.5. The monoisotopic (exact) mass is 437 g/mol. The number of hydrogen-bond donors (Lipinski definition) is 3. The molecule has 10 heteroatoms. The highest BCUT2D eigenvalue weighted by Crippen LogP contribution is 2.32. The van der Waals surface area contributed by atoms with Crippen molar-refractivity contribution in [2.75, 3.05) is 19.7 Å². The lowest BCUT2D eigenvalue weighted by Gasteiger charge is -2.45. The first-order valence-electron chi connectivity index (χ1n) is 11.0. The lowest BCUT2D eigenvalue weighted by Crippen LogP contribution is -2.59. The van der Waals surface area contributed by atoms with Gasteiger partial charge in [0.1, 0.15) is 0 Å². The Labute approximate surface area is 183 Å². The standard InChI is InChI=1S/C20H33N5O3.CH2O2/c1-4-8-21-20(27)25-9-10-28-18-7-6-15(11-17(18)25)19(26)22-12-16-13-24(5-2)23-14(16)3;2-1-3/h13,15,17-18H,4-12H2,1-3H3,(H,21,27)(H,22,26);1H,(H,2,3)/t15-,17+,18+;/m0./s1. The summed E-state index contributed by atoms with van der Waals surface area (Å²) in [7, 11) is 0. The first-order chi connectivity index (χ1) is 14.9. The zero-order valence-electron chi connectivity index (χ0n) is 18.7. The number of rotatable bonds is 6. The fraction of sp³-hybridized carbons (Fsp3) is 0.714. The van der Waals surface area contributed by atoms with Crippen LogP contribution in [0, 0.1) is 12.8 Å². The van der Waals surface area contributed by atoms with Crippen LogP contribution in [0.3, 0.4) is 0 Å². The van der Waals surface area contributed by atoms with E-state index in [1.54, 1.807) is 0 Å². The summed E-state index contributed by atoms with van der Waals surface area (Å²) >= 11 is 0. The molecule has 1 saturated carbocycles. The first-order valence-corrected chi connectivity index (χ1v) is 11.0. The zero-order chi connectivity index (χ0) is 22.8. The molecular weight excluding hydrogens is 402 g/mol. The molecule has 0 bridgehead atoms. The lowest BCUT2D eigenvalue weighted by molar-refractivity contribution is -0.131. The molecule has 2 aliphatic rings. The first kappa shape index (κ1) is 24.6. The Hall–Kier alpha value is -2.62. The van der Waals surface area contributed by atoms with Gasteiger partial charge in [-0.3, -0.25) is 14.3 Å². The van der Waals surface area contributed by atoms with Crippen LogP contribution in [0.1, 0.15) is 50.8 Å². The summed E-state index contributed by atoms with van der Waals surface area (Å²) in [6.07, 6.45) is 5.20. The molecule has 0 unspecified atom stereocenters. The molecule has 1 aromatic heterocycles. The van der Waals surface area contributed by atoms with Crippen molar-refractivity contribution in [3.8, 4) is 0 Å². The van der Waals surface area contributed by atoms with Crippen LogP contribution in [0.25, 0.3) is 0 Å². The quantitative estimate of drug-likeness (QED) is 0.579. The number of aromatic nitrogens is 2. The summed E-state index contributed by atoms with van der Waals surface area (Å²) in [5.74, 6) is -0.0347. The fourth-order valence-electron chi connectivity index (χ4n) is 4.15. The Kier molecular flexibility index (Phi) is 9.77. The largest absolute Gasteiger partial charge is 0.483 e. The second kappa shape index (κ2) is 12.3. The zero-order valence-corrected chi connectivity index (χ0v) is 18.7. The lowest BCUT2D eigenvalue weighted by atomic mass is 9.81. The molecule has 1 aliphatic heterocycles. The maximum atomic E-state index is 12.8. The van der Waals surface area contributed by atoms with E-state index < -0.39 is 0 Å². The SMILES string of the molecule is CCCNC(=O)N1CCO[C@@H]2CC[C@H](C(=O)NCc3cn(CC)nc3C)C[C@H]21.O=CO. The van der Waals surface area contributed by atoms with Gasteiger partial charge >= 0.3 is 6.03 Å². The molecule has 10 nitrogen and oxygen atoms in total. The number of carbonyl (C=O) groups excluding carboxylic acids is 2. The Morgan fingerprint density at radius 2 is 2.06 bits per heavy atom. The van der Waals surface area contributed by atoms with E-state index in [0.717, 1.165) is 37.1 Å². The molecule has 2 fully saturated rings. The number of morpholine rings is 1. The number of fused-ring (bicyclic) bond motifs is 1. The van der Waals surface area contributed by atoms with Crippen LogP contribution in [0.5, 0.6) is 0 Å². The van der Waals surface area contributed by atoms with Gasteiger partial charge in [0.25, 0.3) is 6.47 Å². The number of urea groups is 1. The van der Waals surface area contributed by atoms with E-state index in [1.165, 1.54) is 0 Å². The van der Waals surface area contributed by atoms with Crippen molar-refractivity contribution in [1.82, 2.24) is 25.3 Å². The Bertz CT molecular complexity index is 738. The van der Waals surface area contributed by atoms with E-state index in [2.05, 4.69) is 15.7 Å². The number of carbonyl (C=O) groups is 3. The van der Waals surface area contributed by atoms with Crippen molar-refractivity contribution in [1.29, 1.82) is 0 Å². The third-order valence-electron chi connectivity index (χ3n) is 5.80. The summed E-state index contributed by atoms with van der Waals surface area (Å²) in [6, 6.07) is -0.0662. The van der Waals surface area contributed by atoms with Crippen LogP contribution in [-0.2, 0) is 27.4 Å². The Morgan fingerprint density at radius 1 is 1.32 bits per heavy atom. The number of nitrogens with zero attached hydrogens (tertiary/aromatic N) is 3. The molecule has 174 valence electrons. The van der Waals surface area contributed by atoms with E-state index >= 15 is 0 Å². The van der Waals surface area contributed by atoms with Crippen molar-refractivity contribution in [2.45, 2.75) is 71.7 Å². The predicted molar refractivity (Wildman–Crippen MR) is 114 cm³/mol. The fourth-order valence-corrected chi connectivity index (χ4v) is 4.15. The van der Waals surface area contributed by atoms with E-state index in [1.807, 2.05) is 36.5 Å². The molecule has 3 amide bonds. The summed E-state index contributed by atoms with van der Waals surface area (Å²) in [5.41, 5.74) is 2.00. The van der Waals surface area contributed by atoms with Crippen molar-refractivity contribution in [2.24, 2.45) is 5.92 Å². The highest BCUT2D eigenvalue weighted by molar-refractivity contribution is 5.79. The summed E-state index contributed by atoms with van der Waals surface area (Å²) in [4.78, 5) is 35.5. The number of carboxylic acid groups (broad SMARTS) is 1. The van der Waals surface area contributed by atoms with Gasteiger partial charge < -0.3 is 25.4 Å². The Morgan fingerprint density at radius 3 is 2.71 bits per heavy atom. The molecule has 1 aliphatic carbocycles. The minimum absolute atomic E-state index is 0.0281. The van der Waals surface area contributed by atoms with Crippen LogP contribution in [0.2, 0.25) is 0 Å². The Balaban J connectivity index is 0.00000107. The molecule has 2 heterocycles. The minimum atomic E-state index is -0.250. The second-order valence-electron chi connectivity index (χ2n) is 7.83. The molecule has 3 N–H and O–H groups in total. The summed E-state index contributed by atoms with van der Waals surface area (Å²) < 4.78 is 7.77. The highest BCUT2D eigenvalue weighted by Gasteiger charge is 2.41. The van der Waals surface area contributed by atoms with E-state index in [9.17, 15) is 9.59 Å². The van der Waals surface area contributed by atoms with Crippen molar-refractivity contribution < 1.29 is 24.2 Å². The minimum Gasteiger partial charge on any atom is -0.483 e. The average Bonchev–Trinajstić information content (AvgIpc) is 3.15. The number of nitrogens with one attached hydrogen (secondary N) is 2. The van der Waals surface area contributed by atoms with E-state index in [4.69, 9.17) is 14.6 Å². The van der Waals surface area contributed by atoms with Crippen molar-refractivity contribution in [3.63, 3.8) is 0 Å². The van der Waals surface area contributed by atoms with Gasteiger partial charge in [-0.2, -0.15) is 5.10 Å². The molecule has 0 radical (unpaired) electrons. The van der Waals surface area contributed by atoms with Gasteiger partial charge in [-0.1, -0.05) is 6.92 Å². The van der Waals surface area contributed by atoms with Gasteiger partial charge in [0.15, 0.2) is 0 Å². The molecule has 0 spiro atoms. The predicted octanol–water partition coefficient (Wildman–Crippen LogP) is 1.52. The van der Waals surface area contributed by atoms with Gasteiger partial charge in [0.05, 0.1) is 24.4 Å². The molecule has 3 rings (SSSR count). The van der Waals surface area contributed by atoms with Crippen LogP contribution in [0.4, 0.5) is 4.79 Å². The second-order valence-corrected chi connectivity index (χ2v) is 7.83. The molecule has 1 aromatic rings. The molecule has 31 heavy (non-hydrogen) atoms. The third-order valence-corrected chi connectivity index (χ3v) is 5.80. The molecular formula is C21H35N5O5. The van der Waals surface area contributed by atoms with Crippen LogP contribution >= 0.6 is 0 Å². The smallest absolute Gasteiger partial charge is 0.317 e. The number of ether oxygens (including phenoxy) is 1. The molecule has 0 aromatic carbocycles. The maximum Gasteiger partial charge on any atom is 0.317 e. The third kappa shape index (κ3) is 6.68. The maximum absolute atomic E-state index is 12.8. The van der Waals surface area contributed by atoms with Gasteiger partial charge in [0.2, 0.25) is 5.91 Å². The van der Waals surface area contributed by atoms with Gasteiger partial charge in [-0.15, -0.1) is 0 Å². The summed E-state index contributed by atoms with van der Waals surface area (Å²) in [5, 5.41) is 17.3. The van der Waals surface area contributed by atoms with Crippen LogP contribution < -0.4 is 10.6 Å². The number of aryl methyl sites for hydroxylation is 2. The molecule has 3 atom stereocenters. The highest BCUT2D eigenvalue weighted by atomic mass is 16.5. The van der Waals surface area contributed by atoms with Gasteiger partial charge in [-0.05, 0) is 39.5 Å². The average molecular weight is 438 g/mol. The molecule has 1 saturated heterocycles. The van der Waals surface area contributed by atoms with Crippen molar-refractivity contribution >= 4 is 18.4 Å². The number of hydrogen-bond acceptors (Lipinski definition) is 5. The van der Waals surface area contributed by atoms with E-state index in [-0.39, 0.29) is 36.5 Å². The van der Waals surface area contributed by atoms with Crippen molar-refractivity contribution in [3.05, 3.63) is 17.5 Å². The number of amides is 3. The van der Waals surface area contributed by atoms with Crippen LogP contribution in [0.15, 0.2) is 6.20 Å². The van der Waals surface area contributed by atoms with Gasteiger partial charge in [0, 0.05) is 43.9 Å². The van der Waals surface area contributed by atoms with Crippen LogP contribution in [-0.4, -0.2) is 70.0 Å². The van der Waals surface area contributed by atoms with Gasteiger partial charge in [-0.25, -0.2) is 4.79 Å². The topological polar surface area (TPSA) is 126 Å². The summed E-state index contributed by atoms with van der Waals surface area (Å²) in [6.45, 7) is 8.92. The van der Waals surface area contributed by atoms with E-state index in [0.29, 0.717) is 32.7 Å².